The third-order valence-corrected chi connectivity index (χ3v) is 4.12. The van der Waals surface area contributed by atoms with E-state index in [-0.39, 0.29) is 5.95 Å². The Morgan fingerprint density at radius 2 is 1.84 bits per heavy atom. The smallest absolute Gasteiger partial charge is 0.310 e. The van der Waals surface area contributed by atoms with Crippen LogP contribution in [0.5, 0.6) is 11.7 Å². The summed E-state index contributed by atoms with van der Waals surface area (Å²) < 4.78 is 10.6. The number of nitrogens with zero attached hydrogens (tertiary/aromatic N) is 2. The van der Waals surface area contributed by atoms with Crippen molar-refractivity contribution in [1.82, 2.24) is 4.98 Å². The quantitative estimate of drug-likeness (QED) is 0.754. The van der Waals surface area contributed by atoms with E-state index in [9.17, 15) is 5.11 Å². The predicted octanol–water partition coefficient (Wildman–Crippen LogP) is 4.70. The van der Waals surface area contributed by atoms with Crippen molar-refractivity contribution >= 4 is 23.0 Å². The summed E-state index contributed by atoms with van der Waals surface area (Å²) in [5.41, 5.74) is 4.90. The molecule has 0 unspecified atom stereocenters. The maximum absolute atomic E-state index is 10.1. The number of ether oxygens (including phenoxy) is 1. The fourth-order valence-corrected chi connectivity index (χ4v) is 2.83. The summed E-state index contributed by atoms with van der Waals surface area (Å²) in [6.07, 6.45) is 1.80. The molecule has 2 heterocycles. The fourth-order valence-electron chi connectivity index (χ4n) is 2.83. The zero-order valence-electron chi connectivity index (χ0n) is 13.9. The Kier molecular flexibility index (Phi) is 3.61. The molecule has 0 atom stereocenters. The van der Waals surface area contributed by atoms with Gasteiger partial charge in [0, 0.05) is 22.4 Å². The Morgan fingerprint density at radius 1 is 1.08 bits per heavy atom. The molecule has 2 aromatic carbocycles. The Bertz CT molecular complexity index is 998. The molecule has 1 aliphatic heterocycles. The maximum Gasteiger partial charge on any atom is 0.310 e. The van der Waals surface area contributed by atoms with Crippen molar-refractivity contribution in [2.45, 2.75) is 6.92 Å². The molecule has 1 N–H and O–H groups in total. The van der Waals surface area contributed by atoms with Crippen molar-refractivity contribution in [1.29, 1.82) is 0 Å². The van der Waals surface area contributed by atoms with Gasteiger partial charge in [-0.3, -0.25) is 4.99 Å². The second-order valence-corrected chi connectivity index (χ2v) is 5.71. The molecule has 0 spiro atoms. The molecule has 1 aliphatic rings. The number of rotatable bonds is 3. The van der Waals surface area contributed by atoms with Gasteiger partial charge in [0.25, 0.3) is 0 Å². The topological polar surface area (TPSA) is 67.9 Å². The van der Waals surface area contributed by atoms with Gasteiger partial charge in [0.05, 0.1) is 12.8 Å². The van der Waals surface area contributed by atoms with Crippen LogP contribution in [0, 0.1) is 0 Å². The van der Waals surface area contributed by atoms with E-state index in [0.29, 0.717) is 11.6 Å². The zero-order chi connectivity index (χ0) is 17.4. The molecule has 0 fully saturated rings. The van der Waals surface area contributed by atoms with Crippen molar-refractivity contribution < 1.29 is 14.3 Å². The van der Waals surface area contributed by atoms with E-state index in [1.54, 1.807) is 13.2 Å². The number of aromatic nitrogens is 1. The van der Waals surface area contributed by atoms with Crippen LogP contribution >= 0.6 is 0 Å². The monoisotopic (exact) mass is 332 g/mol. The number of hydrogen-bond donors (Lipinski definition) is 1. The normalized spacial score (nSPS) is 14.5. The van der Waals surface area contributed by atoms with Gasteiger partial charge < -0.3 is 14.3 Å². The highest BCUT2D eigenvalue weighted by Crippen LogP contribution is 2.37. The van der Waals surface area contributed by atoms with Crippen LogP contribution in [-0.4, -0.2) is 22.9 Å². The molecule has 0 radical (unpaired) electrons. The van der Waals surface area contributed by atoms with Gasteiger partial charge in [-0.05, 0) is 43.3 Å². The number of allylic oxidation sites excluding steroid dienone is 1. The molecule has 124 valence electrons. The zero-order valence-corrected chi connectivity index (χ0v) is 13.9. The molecule has 0 bridgehead atoms. The average Bonchev–Trinajstić information content (AvgIpc) is 3.16. The number of benzene rings is 2. The van der Waals surface area contributed by atoms with Gasteiger partial charge in [-0.1, -0.05) is 18.2 Å². The molecule has 0 amide bonds. The number of aliphatic imine (C=N–C) groups is 1. The lowest BCUT2D eigenvalue weighted by atomic mass is 10.0. The molecule has 4 rings (SSSR count). The number of aromatic hydroxyl groups is 1. The van der Waals surface area contributed by atoms with Crippen molar-refractivity contribution in [3.05, 3.63) is 59.8 Å². The standard InChI is InChI=1S/C20H16N2O3/c1-12-16(15-5-3-4-6-17(15)21-12)11-18-20(23)25-19(22-18)13-7-9-14(24-2)10-8-13/h3-11,23H,1-2H3/b16-11+. The van der Waals surface area contributed by atoms with E-state index in [2.05, 4.69) is 9.98 Å². The molecule has 0 saturated carbocycles. The summed E-state index contributed by atoms with van der Waals surface area (Å²) in [7, 11) is 1.61. The Balaban J connectivity index is 1.73. The fraction of sp³-hybridized carbons (Fsp3) is 0.100. The predicted molar refractivity (Wildman–Crippen MR) is 97.2 cm³/mol. The van der Waals surface area contributed by atoms with E-state index in [0.717, 1.165) is 33.8 Å². The Hall–Kier alpha value is -3.34. The number of oxazole rings is 1. The van der Waals surface area contributed by atoms with Gasteiger partial charge in [0.15, 0.2) is 0 Å². The van der Waals surface area contributed by atoms with Crippen LogP contribution in [0.15, 0.2) is 57.9 Å². The van der Waals surface area contributed by atoms with Gasteiger partial charge in [0.1, 0.15) is 11.4 Å². The van der Waals surface area contributed by atoms with Gasteiger partial charge in [-0.2, -0.15) is 0 Å². The molecule has 3 aromatic rings. The van der Waals surface area contributed by atoms with Crippen LogP contribution < -0.4 is 4.74 Å². The lowest BCUT2D eigenvalue weighted by Crippen LogP contribution is -1.90. The molecule has 25 heavy (non-hydrogen) atoms. The highest BCUT2D eigenvalue weighted by atomic mass is 16.5. The first-order valence-corrected chi connectivity index (χ1v) is 7.86. The number of fused-ring (bicyclic) bond motifs is 1. The lowest BCUT2D eigenvalue weighted by molar-refractivity contribution is 0.336. The molecule has 1 aromatic heterocycles. The van der Waals surface area contributed by atoms with Crippen LogP contribution in [0.2, 0.25) is 0 Å². The van der Waals surface area contributed by atoms with E-state index in [1.807, 2.05) is 55.5 Å². The molecule has 0 saturated heterocycles. The third kappa shape index (κ3) is 2.70. The van der Waals surface area contributed by atoms with Gasteiger partial charge in [0.2, 0.25) is 5.89 Å². The minimum Gasteiger partial charge on any atom is -0.497 e. The summed E-state index contributed by atoms with van der Waals surface area (Å²) in [6.45, 7) is 1.94. The van der Waals surface area contributed by atoms with Crippen molar-refractivity contribution in [3.8, 4) is 23.1 Å². The van der Waals surface area contributed by atoms with Crippen LogP contribution in [0.25, 0.3) is 23.1 Å². The summed E-state index contributed by atoms with van der Waals surface area (Å²) in [5.74, 6) is 0.889. The Labute approximate surface area is 144 Å². The number of methoxy groups -OCH3 is 1. The summed E-state index contributed by atoms with van der Waals surface area (Å²) in [4.78, 5) is 8.96. The molecular formula is C20H16N2O3. The summed E-state index contributed by atoms with van der Waals surface area (Å²) in [5, 5.41) is 10.1. The molecular weight excluding hydrogens is 316 g/mol. The maximum atomic E-state index is 10.1. The minimum atomic E-state index is -0.213. The molecule has 0 aliphatic carbocycles. The van der Waals surface area contributed by atoms with Crippen LogP contribution in [0.4, 0.5) is 5.69 Å². The SMILES string of the molecule is COc1ccc(-c2nc(/C=C3\C(C)=Nc4ccccc43)c(O)o2)cc1. The Morgan fingerprint density at radius 3 is 2.60 bits per heavy atom. The van der Waals surface area contributed by atoms with Crippen LogP contribution in [0.3, 0.4) is 0 Å². The first-order valence-electron chi connectivity index (χ1n) is 7.86. The van der Waals surface area contributed by atoms with Crippen molar-refractivity contribution in [2.24, 2.45) is 4.99 Å². The van der Waals surface area contributed by atoms with E-state index < -0.39 is 0 Å². The van der Waals surface area contributed by atoms with E-state index in [1.165, 1.54) is 0 Å². The third-order valence-electron chi connectivity index (χ3n) is 4.12. The van der Waals surface area contributed by atoms with E-state index in [4.69, 9.17) is 9.15 Å². The van der Waals surface area contributed by atoms with Crippen LogP contribution in [0.1, 0.15) is 18.2 Å². The summed E-state index contributed by atoms with van der Waals surface area (Å²) in [6, 6.07) is 15.2. The number of para-hydroxylation sites is 1. The largest absolute Gasteiger partial charge is 0.497 e. The second kappa shape index (κ2) is 5.94. The minimum absolute atomic E-state index is 0.213. The van der Waals surface area contributed by atoms with Gasteiger partial charge >= 0.3 is 5.95 Å². The van der Waals surface area contributed by atoms with Crippen LogP contribution in [-0.2, 0) is 0 Å². The van der Waals surface area contributed by atoms with Crippen molar-refractivity contribution in [2.75, 3.05) is 7.11 Å². The second-order valence-electron chi connectivity index (χ2n) is 5.71. The molecule has 5 nitrogen and oxygen atoms in total. The highest BCUT2D eigenvalue weighted by Gasteiger charge is 2.20. The van der Waals surface area contributed by atoms with E-state index >= 15 is 0 Å². The van der Waals surface area contributed by atoms with Gasteiger partial charge in [-0.15, -0.1) is 0 Å². The number of hydrogen-bond acceptors (Lipinski definition) is 5. The first-order chi connectivity index (χ1) is 12.2. The first kappa shape index (κ1) is 15.2. The van der Waals surface area contributed by atoms with Crippen molar-refractivity contribution in [3.63, 3.8) is 0 Å². The van der Waals surface area contributed by atoms with Gasteiger partial charge in [-0.25, -0.2) is 4.98 Å². The lowest BCUT2D eigenvalue weighted by Gasteiger charge is -2.00. The molecule has 5 heteroatoms. The highest BCUT2D eigenvalue weighted by molar-refractivity contribution is 6.31. The summed E-state index contributed by atoms with van der Waals surface area (Å²) >= 11 is 0. The average molecular weight is 332 g/mol.